The zero-order valence-electron chi connectivity index (χ0n) is 14.7. The number of aromatic amines is 1. The molecule has 1 atom stereocenters. The number of nitrogens with zero attached hydrogens (tertiary/aromatic N) is 2. The number of ether oxygens (including phenoxy) is 2. The Kier molecular flexibility index (Phi) is 5.45. The number of methoxy groups -OCH3 is 1. The predicted octanol–water partition coefficient (Wildman–Crippen LogP) is 1.98. The van der Waals surface area contributed by atoms with Gasteiger partial charge in [0.05, 0.1) is 19.8 Å². The maximum atomic E-state index is 11.7. The minimum absolute atomic E-state index is 0.258. The second kappa shape index (κ2) is 7.76. The van der Waals surface area contributed by atoms with Crippen LogP contribution >= 0.6 is 0 Å². The summed E-state index contributed by atoms with van der Waals surface area (Å²) in [6, 6.07) is 5.77. The smallest absolute Gasteiger partial charge is 0.409 e. The van der Waals surface area contributed by atoms with E-state index in [4.69, 9.17) is 9.47 Å². The molecule has 1 aliphatic heterocycles. The number of aliphatic hydroxyl groups excluding tert-OH is 1. The number of H-pyrrole nitrogens is 1. The highest BCUT2D eigenvalue weighted by atomic mass is 16.6. The van der Waals surface area contributed by atoms with Crippen LogP contribution in [0.15, 0.2) is 24.4 Å². The number of fused-ring (bicyclic) bond motifs is 1. The summed E-state index contributed by atoms with van der Waals surface area (Å²) in [4.78, 5) is 18.8. The number of rotatable bonds is 5. The van der Waals surface area contributed by atoms with Gasteiger partial charge in [-0.15, -0.1) is 0 Å². The van der Waals surface area contributed by atoms with Crippen molar-refractivity contribution in [1.82, 2.24) is 14.8 Å². The van der Waals surface area contributed by atoms with Crippen molar-refractivity contribution in [3.63, 3.8) is 0 Å². The van der Waals surface area contributed by atoms with Crippen LogP contribution in [0.3, 0.4) is 0 Å². The number of aromatic nitrogens is 1. The molecular weight excluding hydrogens is 322 g/mol. The molecule has 1 aliphatic rings. The molecule has 25 heavy (non-hydrogen) atoms. The zero-order valence-corrected chi connectivity index (χ0v) is 14.7. The first-order valence-electron chi connectivity index (χ1n) is 8.59. The molecule has 0 aliphatic carbocycles. The highest BCUT2D eigenvalue weighted by Gasteiger charge is 2.24. The summed E-state index contributed by atoms with van der Waals surface area (Å²) in [5.74, 6) is 0.767. The van der Waals surface area contributed by atoms with Crippen LogP contribution in [0.2, 0.25) is 0 Å². The van der Waals surface area contributed by atoms with E-state index in [-0.39, 0.29) is 6.09 Å². The fourth-order valence-electron chi connectivity index (χ4n) is 3.19. The van der Waals surface area contributed by atoms with Crippen LogP contribution in [-0.4, -0.2) is 72.4 Å². The number of nitrogens with one attached hydrogen (secondary N) is 1. The monoisotopic (exact) mass is 347 g/mol. The van der Waals surface area contributed by atoms with E-state index < -0.39 is 6.10 Å². The second-order valence-corrected chi connectivity index (χ2v) is 6.16. The number of carbonyl (C=O) groups excluding carboxylic acids is 1. The summed E-state index contributed by atoms with van der Waals surface area (Å²) in [6.45, 7) is 5.41. The number of hydrogen-bond acceptors (Lipinski definition) is 5. The van der Waals surface area contributed by atoms with Gasteiger partial charge in [-0.1, -0.05) is 0 Å². The summed E-state index contributed by atoms with van der Waals surface area (Å²) in [6.07, 6.45) is 0.991. The van der Waals surface area contributed by atoms with E-state index in [1.807, 2.05) is 24.4 Å². The van der Waals surface area contributed by atoms with E-state index in [1.54, 1.807) is 18.9 Å². The molecule has 7 heteroatoms. The largest absolute Gasteiger partial charge is 0.497 e. The van der Waals surface area contributed by atoms with Crippen molar-refractivity contribution >= 4 is 17.0 Å². The molecular formula is C18H25N3O4. The summed E-state index contributed by atoms with van der Waals surface area (Å²) in [7, 11) is 1.63. The van der Waals surface area contributed by atoms with Gasteiger partial charge in [-0.3, -0.25) is 4.90 Å². The Hall–Kier alpha value is -2.25. The van der Waals surface area contributed by atoms with Gasteiger partial charge in [-0.25, -0.2) is 4.79 Å². The minimum atomic E-state index is -0.602. The highest BCUT2D eigenvalue weighted by Crippen LogP contribution is 2.28. The lowest BCUT2D eigenvalue weighted by molar-refractivity contribution is 0.0582. The average molecular weight is 347 g/mol. The van der Waals surface area contributed by atoms with Crippen LogP contribution in [0.5, 0.6) is 5.75 Å². The third-order valence-corrected chi connectivity index (χ3v) is 4.61. The van der Waals surface area contributed by atoms with E-state index in [0.717, 1.165) is 35.3 Å². The number of β-amino-alcohol motifs (C(OH)–C–C–N with tert-alkyl or cyclic N) is 1. The molecule has 0 spiro atoms. The first-order chi connectivity index (χ1) is 12.1. The lowest BCUT2D eigenvalue weighted by Crippen LogP contribution is -2.49. The van der Waals surface area contributed by atoms with Gasteiger partial charge in [0.15, 0.2) is 0 Å². The Morgan fingerprint density at radius 1 is 1.32 bits per heavy atom. The molecule has 1 aromatic carbocycles. The van der Waals surface area contributed by atoms with Crippen LogP contribution in [0, 0.1) is 0 Å². The van der Waals surface area contributed by atoms with Gasteiger partial charge >= 0.3 is 6.09 Å². The molecule has 2 N–H and O–H groups in total. The van der Waals surface area contributed by atoms with Crippen molar-refractivity contribution in [2.75, 3.05) is 46.4 Å². The molecule has 1 aromatic heterocycles. The van der Waals surface area contributed by atoms with Crippen LogP contribution < -0.4 is 4.74 Å². The molecule has 136 valence electrons. The fourth-order valence-corrected chi connectivity index (χ4v) is 3.19. The molecule has 0 radical (unpaired) electrons. The molecule has 2 heterocycles. The SMILES string of the molecule is CCOC(=O)N1CCN(C[C@H](O)c2c[nH]c3ccc(OC)cc23)CC1. The lowest BCUT2D eigenvalue weighted by Gasteiger charge is -2.34. The number of amides is 1. The van der Waals surface area contributed by atoms with Crippen molar-refractivity contribution in [2.45, 2.75) is 13.0 Å². The first-order valence-corrected chi connectivity index (χ1v) is 8.59. The standard InChI is InChI=1S/C18H25N3O4/c1-3-25-18(23)21-8-6-20(7-9-21)12-17(22)15-11-19-16-5-4-13(24-2)10-14(15)16/h4-5,10-11,17,19,22H,3,6-9,12H2,1-2H3/t17-/m0/s1. The summed E-state index contributed by atoms with van der Waals surface area (Å²) >= 11 is 0. The van der Waals surface area contributed by atoms with E-state index in [9.17, 15) is 9.90 Å². The lowest BCUT2D eigenvalue weighted by atomic mass is 10.1. The average Bonchev–Trinajstić information content (AvgIpc) is 3.05. The predicted molar refractivity (Wildman–Crippen MR) is 94.8 cm³/mol. The molecule has 2 aromatic rings. The maximum Gasteiger partial charge on any atom is 0.409 e. The van der Waals surface area contributed by atoms with Gasteiger partial charge in [-0.2, -0.15) is 0 Å². The molecule has 0 bridgehead atoms. The Morgan fingerprint density at radius 2 is 2.08 bits per heavy atom. The second-order valence-electron chi connectivity index (χ2n) is 6.16. The third kappa shape index (κ3) is 3.88. The Labute approximate surface area is 147 Å². The van der Waals surface area contributed by atoms with Crippen molar-refractivity contribution in [3.8, 4) is 5.75 Å². The molecule has 1 amide bonds. The maximum absolute atomic E-state index is 11.7. The number of benzene rings is 1. The topological polar surface area (TPSA) is 78.0 Å². The van der Waals surface area contributed by atoms with Crippen molar-refractivity contribution in [3.05, 3.63) is 30.0 Å². The van der Waals surface area contributed by atoms with Gasteiger partial charge in [0.25, 0.3) is 0 Å². The van der Waals surface area contributed by atoms with E-state index in [2.05, 4.69) is 9.88 Å². The minimum Gasteiger partial charge on any atom is -0.497 e. The fraction of sp³-hybridized carbons (Fsp3) is 0.500. The third-order valence-electron chi connectivity index (χ3n) is 4.61. The number of carbonyl (C=O) groups is 1. The van der Waals surface area contributed by atoms with E-state index >= 15 is 0 Å². The van der Waals surface area contributed by atoms with Crippen molar-refractivity contribution in [2.24, 2.45) is 0 Å². The summed E-state index contributed by atoms with van der Waals surface area (Å²) in [5, 5.41) is 11.6. The Balaban J connectivity index is 1.62. The van der Waals surface area contributed by atoms with Crippen LogP contribution in [0.25, 0.3) is 10.9 Å². The molecule has 3 rings (SSSR count). The zero-order chi connectivity index (χ0) is 17.8. The van der Waals surface area contributed by atoms with Gasteiger partial charge in [0.2, 0.25) is 0 Å². The van der Waals surface area contributed by atoms with Gasteiger partial charge in [0, 0.05) is 55.4 Å². The van der Waals surface area contributed by atoms with Crippen LogP contribution in [-0.2, 0) is 4.74 Å². The molecule has 1 saturated heterocycles. The number of piperazine rings is 1. The van der Waals surface area contributed by atoms with Gasteiger partial charge in [-0.05, 0) is 25.1 Å². The summed E-state index contributed by atoms with van der Waals surface area (Å²) < 4.78 is 10.3. The molecule has 0 saturated carbocycles. The van der Waals surface area contributed by atoms with Crippen LogP contribution in [0.4, 0.5) is 4.79 Å². The normalized spacial score (nSPS) is 16.8. The van der Waals surface area contributed by atoms with E-state index in [1.165, 1.54) is 0 Å². The van der Waals surface area contributed by atoms with E-state index in [0.29, 0.717) is 26.2 Å². The Morgan fingerprint density at radius 3 is 2.76 bits per heavy atom. The molecule has 0 unspecified atom stereocenters. The van der Waals surface area contributed by atoms with Crippen LogP contribution in [0.1, 0.15) is 18.6 Å². The molecule has 1 fully saturated rings. The number of hydrogen-bond donors (Lipinski definition) is 2. The first kappa shape index (κ1) is 17.6. The number of aliphatic hydroxyl groups is 1. The van der Waals surface area contributed by atoms with Crippen molar-refractivity contribution in [1.29, 1.82) is 0 Å². The van der Waals surface area contributed by atoms with Crippen molar-refractivity contribution < 1.29 is 19.4 Å². The summed E-state index contributed by atoms with van der Waals surface area (Å²) in [5.41, 5.74) is 1.84. The molecule has 7 nitrogen and oxygen atoms in total. The van der Waals surface area contributed by atoms with Gasteiger partial charge in [0.1, 0.15) is 5.75 Å². The Bertz CT molecular complexity index is 722. The van der Waals surface area contributed by atoms with Gasteiger partial charge < -0.3 is 24.5 Å². The quantitative estimate of drug-likeness (QED) is 0.865. The highest BCUT2D eigenvalue weighted by molar-refractivity contribution is 5.85.